The van der Waals surface area contributed by atoms with Crippen LogP contribution in [0.3, 0.4) is 0 Å². The van der Waals surface area contributed by atoms with Crippen molar-refractivity contribution in [3.8, 4) is 11.4 Å². The Morgan fingerprint density at radius 2 is 1.82 bits per heavy atom. The second-order valence-electron chi connectivity index (χ2n) is 7.28. The highest BCUT2D eigenvalue weighted by Crippen LogP contribution is 2.34. The number of aromatic amines is 1. The van der Waals surface area contributed by atoms with Gasteiger partial charge in [0.1, 0.15) is 10.7 Å². The molecule has 1 aliphatic carbocycles. The van der Waals surface area contributed by atoms with Crippen LogP contribution in [0.1, 0.15) is 37.1 Å². The zero-order chi connectivity index (χ0) is 19.4. The molecule has 0 atom stereocenters. The molecule has 0 amide bonds. The summed E-state index contributed by atoms with van der Waals surface area (Å²) in [5.74, 6) is 0.567. The Hall–Kier alpha value is -2.67. The first-order valence-corrected chi connectivity index (χ1v) is 10.7. The maximum absolute atomic E-state index is 12.8. The number of fused-ring (bicyclic) bond motifs is 4. The van der Waals surface area contributed by atoms with Gasteiger partial charge in [0.15, 0.2) is 0 Å². The van der Waals surface area contributed by atoms with Crippen molar-refractivity contribution < 1.29 is 0 Å². The van der Waals surface area contributed by atoms with E-state index in [0.717, 1.165) is 46.1 Å². The summed E-state index contributed by atoms with van der Waals surface area (Å²) >= 11 is 1.65. The molecule has 7 heteroatoms. The minimum absolute atomic E-state index is 0.0000122. The molecular weight excluding hydrogens is 372 g/mol. The van der Waals surface area contributed by atoms with Gasteiger partial charge in [-0.1, -0.05) is 0 Å². The van der Waals surface area contributed by atoms with Crippen molar-refractivity contribution in [1.82, 2.24) is 19.1 Å². The fraction of sp³-hybridized carbons (Fsp3) is 0.381. The lowest BCUT2D eigenvalue weighted by Crippen LogP contribution is -2.23. The number of nitrogens with one attached hydrogen (secondary N) is 1. The first-order chi connectivity index (χ1) is 13.6. The molecule has 4 aromatic rings. The van der Waals surface area contributed by atoms with E-state index in [1.54, 1.807) is 20.5 Å². The summed E-state index contributed by atoms with van der Waals surface area (Å²) in [5, 5.41) is 0.770. The van der Waals surface area contributed by atoms with E-state index >= 15 is 0 Å². The van der Waals surface area contributed by atoms with Gasteiger partial charge in [-0.15, -0.1) is 11.3 Å². The van der Waals surface area contributed by atoms with Crippen LogP contribution < -0.4 is 11.2 Å². The molecule has 144 valence electrons. The van der Waals surface area contributed by atoms with Crippen molar-refractivity contribution in [2.45, 2.75) is 52.6 Å². The molecule has 28 heavy (non-hydrogen) atoms. The average molecular weight is 395 g/mol. The van der Waals surface area contributed by atoms with Gasteiger partial charge in [-0.3, -0.25) is 13.9 Å². The molecule has 3 aromatic heterocycles. The molecule has 0 saturated carbocycles. The Morgan fingerprint density at radius 3 is 2.61 bits per heavy atom. The molecule has 0 aliphatic heterocycles. The third-order valence-electron chi connectivity index (χ3n) is 5.75. The molecular formula is C21H22N4O2S. The number of imidazole rings is 1. The number of aromatic nitrogens is 4. The maximum atomic E-state index is 12.8. The number of nitrogens with zero attached hydrogens (tertiary/aromatic N) is 3. The third kappa shape index (κ3) is 2.42. The molecule has 0 bridgehead atoms. The summed E-state index contributed by atoms with van der Waals surface area (Å²) in [4.78, 5) is 35.4. The van der Waals surface area contributed by atoms with Crippen molar-refractivity contribution in [3.05, 3.63) is 49.5 Å². The van der Waals surface area contributed by atoms with E-state index in [1.165, 1.54) is 16.9 Å². The highest BCUT2D eigenvalue weighted by molar-refractivity contribution is 7.18. The third-order valence-corrected chi connectivity index (χ3v) is 6.94. The summed E-state index contributed by atoms with van der Waals surface area (Å²) in [6.45, 7) is 5.17. The van der Waals surface area contributed by atoms with E-state index in [9.17, 15) is 9.59 Å². The van der Waals surface area contributed by atoms with Gasteiger partial charge in [-0.2, -0.15) is 0 Å². The number of aryl methyl sites for hydroxylation is 4. The van der Waals surface area contributed by atoms with E-state index in [2.05, 4.69) is 4.98 Å². The van der Waals surface area contributed by atoms with Crippen LogP contribution >= 0.6 is 11.3 Å². The summed E-state index contributed by atoms with van der Waals surface area (Å²) in [7, 11) is 0. The Kier molecular flexibility index (Phi) is 4.01. The smallest absolute Gasteiger partial charge is 0.306 e. The highest BCUT2D eigenvalue weighted by Gasteiger charge is 2.20. The minimum Gasteiger partial charge on any atom is -0.306 e. The van der Waals surface area contributed by atoms with Crippen LogP contribution in [0.2, 0.25) is 0 Å². The van der Waals surface area contributed by atoms with Crippen LogP contribution in [0.25, 0.3) is 32.6 Å². The fourth-order valence-electron chi connectivity index (χ4n) is 4.38. The van der Waals surface area contributed by atoms with Crippen molar-refractivity contribution >= 4 is 32.6 Å². The van der Waals surface area contributed by atoms with E-state index in [-0.39, 0.29) is 11.2 Å². The van der Waals surface area contributed by atoms with Crippen LogP contribution in [0.15, 0.2) is 27.8 Å². The lowest BCUT2D eigenvalue weighted by molar-refractivity contribution is 0.671. The quantitative estimate of drug-likeness (QED) is 0.576. The molecule has 0 fully saturated rings. The van der Waals surface area contributed by atoms with E-state index in [1.807, 2.05) is 32.0 Å². The van der Waals surface area contributed by atoms with E-state index in [0.29, 0.717) is 18.9 Å². The lowest BCUT2D eigenvalue weighted by Gasteiger charge is -2.09. The normalized spacial score (nSPS) is 14.1. The van der Waals surface area contributed by atoms with Crippen LogP contribution in [0, 0.1) is 0 Å². The molecule has 1 aliphatic rings. The first kappa shape index (κ1) is 17.4. The number of thiophene rings is 1. The molecule has 6 nitrogen and oxygen atoms in total. The van der Waals surface area contributed by atoms with Crippen molar-refractivity contribution in [2.75, 3.05) is 0 Å². The second-order valence-corrected chi connectivity index (χ2v) is 8.36. The number of hydrogen-bond donors (Lipinski definition) is 1. The molecule has 0 unspecified atom stereocenters. The summed E-state index contributed by atoms with van der Waals surface area (Å²) in [5.41, 5.74) is 3.75. The number of rotatable bonds is 3. The Balaban J connectivity index is 1.73. The SMILES string of the molecule is CCn1c(=O)n(CC)c2cc(-c3nc4sc5c(c4c(=O)[nH]3)CCCC5)ccc21. The molecule has 0 saturated heterocycles. The largest absolute Gasteiger partial charge is 0.329 e. The van der Waals surface area contributed by atoms with Crippen molar-refractivity contribution in [2.24, 2.45) is 0 Å². The lowest BCUT2D eigenvalue weighted by atomic mass is 9.97. The second kappa shape index (κ2) is 6.44. The van der Waals surface area contributed by atoms with Crippen LogP contribution in [0.4, 0.5) is 0 Å². The standard InChI is InChI=1S/C21H22N4O2S/c1-3-24-14-10-9-12(11-15(14)25(4-2)21(24)27)18-22-19(26)17-13-7-5-6-8-16(13)28-20(17)23-18/h9-11H,3-8H2,1-2H3,(H,22,23,26). The molecule has 0 spiro atoms. The number of benzene rings is 1. The van der Waals surface area contributed by atoms with Gasteiger partial charge in [0.05, 0.1) is 16.4 Å². The minimum atomic E-state index is -0.0569. The van der Waals surface area contributed by atoms with Crippen LogP contribution in [-0.4, -0.2) is 19.1 Å². The molecule has 1 aromatic carbocycles. The Morgan fingerprint density at radius 1 is 1.07 bits per heavy atom. The summed E-state index contributed by atoms with van der Waals surface area (Å²) in [6.07, 6.45) is 4.34. The van der Waals surface area contributed by atoms with Gasteiger partial charge < -0.3 is 4.98 Å². The van der Waals surface area contributed by atoms with Crippen molar-refractivity contribution in [1.29, 1.82) is 0 Å². The van der Waals surface area contributed by atoms with Crippen LogP contribution in [-0.2, 0) is 25.9 Å². The van der Waals surface area contributed by atoms with Gasteiger partial charge in [0, 0.05) is 23.5 Å². The predicted molar refractivity (Wildman–Crippen MR) is 113 cm³/mol. The number of hydrogen-bond acceptors (Lipinski definition) is 4. The highest BCUT2D eigenvalue weighted by atomic mass is 32.1. The van der Waals surface area contributed by atoms with Gasteiger partial charge in [0.2, 0.25) is 0 Å². The topological polar surface area (TPSA) is 72.7 Å². The van der Waals surface area contributed by atoms with E-state index in [4.69, 9.17) is 4.98 Å². The van der Waals surface area contributed by atoms with Gasteiger partial charge in [-0.25, -0.2) is 9.78 Å². The van der Waals surface area contributed by atoms with Gasteiger partial charge >= 0.3 is 5.69 Å². The monoisotopic (exact) mass is 394 g/mol. The first-order valence-electron chi connectivity index (χ1n) is 9.90. The predicted octanol–water partition coefficient (Wildman–Crippen LogP) is 3.69. The van der Waals surface area contributed by atoms with Crippen LogP contribution in [0.5, 0.6) is 0 Å². The van der Waals surface area contributed by atoms with Gasteiger partial charge in [0.25, 0.3) is 5.56 Å². The zero-order valence-electron chi connectivity index (χ0n) is 16.0. The Bertz CT molecular complexity index is 1340. The number of H-pyrrole nitrogens is 1. The summed E-state index contributed by atoms with van der Waals surface area (Å²) < 4.78 is 3.54. The van der Waals surface area contributed by atoms with Gasteiger partial charge in [-0.05, 0) is 63.3 Å². The molecule has 0 radical (unpaired) electrons. The van der Waals surface area contributed by atoms with E-state index < -0.39 is 0 Å². The average Bonchev–Trinajstić information content (AvgIpc) is 3.21. The molecule has 3 heterocycles. The molecule has 1 N–H and O–H groups in total. The molecule has 5 rings (SSSR count). The van der Waals surface area contributed by atoms with Crippen molar-refractivity contribution in [3.63, 3.8) is 0 Å². The fourth-order valence-corrected chi connectivity index (χ4v) is 5.64. The Labute approximate surface area is 165 Å². The maximum Gasteiger partial charge on any atom is 0.329 e. The zero-order valence-corrected chi connectivity index (χ0v) is 16.9. The summed E-state index contributed by atoms with van der Waals surface area (Å²) in [6, 6.07) is 5.85.